The predicted molar refractivity (Wildman–Crippen MR) is 126 cm³/mol. The molecule has 0 aliphatic heterocycles. The molecule has 2 aliphatic rings. The lowest BCUT2D eigenvalue weighted by molar-refractivity contribution is 0.141. The molecule has 0 unspecified atom stereocenters. The van der Waals surface area contributed by atoms with E-state index in [9.17, 15) is 0 Å². The standard InChI is InChI=1S/C28H46O/c1-3-5-6-22-29-28-20-14-25(15-21-28)9-8-24-12-18-27(19-13-24)26-16-10-23(7-4-2)11-17-26/h14-15,20-21,23-24,26-27H,3-13,16-19,22H2,1-2H3/t23-,24-,26-,27-. The van der Waals surface area contributed by atoms with Crippen LogP contribution in [0.15, 0.2) is 24.3 Å². The number of ether oxygens (including phenoxy) is 1. The summed E-state index contributed by atoms with van der Waals surface area (Å²) in [6, 6.07) is 8.92. The maximum absolute atomic E-state index is 5.85. The second kappa shape index (κ2) is 12.7. The van der Waals surface area contributed by atoms with Crippen LogP contribution in [0.25, 0.3) is 0 Å². The van der Waals surface area contributed by atoms with Crippen molar-refractivity contribution < 1.29 is 4.74 Å². The molecular weight excluding hydrogens is 352 g/mol. The molecule has 0 amide bonds. The number of rotatable bonds is 11. The van der Waals surface area contributed by atoms with Crippen LogP contribution in [-0.2, 0) is 6.42 Å². The number of aryl methyl sites for hydroxylation is 1. The lowest BCUT2D eigenvalue weighted by atomic mass is 9.68. The van der Waals surface area contributed by atoms with E-state index >= 15 is 0 Å². The Bertz CT molecular complexity index is 532. The van der Waals surface area contributed by atoms with Gasteiger partial charge in [0, 0.05) is 0 Å². The molecule has 0 spiro atoms. The van der Waals surface area contributed by atoms with Crippen molar-refractivity contribution in [2.24, 2.45) is 23.7 Å². The minimum Gasteiger partial charge on any atom is -0.494 e. The largest absolute Gasteiger partial charge is 0.494 e. The summed E-state index contributed by atoms with van der Waals surface area (Å²) in [6.45, 7) is 5.45. The van der Waals surface area contributed by atoms with Gasteiger partial charge in [0.05, 0.1) is 6.61 Å². The van der Waals surface area contributed by atoms with E-state index in [0.29, 0.717) is 0 Å². The minimum atomic E-state index is 0.858. The van der Waals surface area contributed by atoms with E-state index in [1.54, 1.807) is 0 Å². The van der Waals surface area contributed by atoms with Gasteiger partial charge in [-0.05, 0) is 86.3 Å². The molecule has 0 atom stereocenters. The third kappa shape index (κ3) is 7.65. The number of hydrogen-bond acceptors (Lipinski definition) is 1. The van der Waals surface area contributed by atoms with E-state index in [4.69, 9.17) is 4.74 Å². The molecule has 0 radical (unpaired) electrons. The van der Waals surface area contributed by atoms with Crippen molar-refractivity contribution in [2.45, 2.75) is 110 Å². The van der Waals surface area contributed by atoms with Gasteiger partial charge in [-0.2, -0.15) is 0 Å². The number of unbranched alkanes of at least 4 members (excludes halogenated alkanes) is 2. The maximum Gasteiger partial charge on any atom is 0.119 e. The summed E-state index contributed by atoms with van der Waals surface area (Å²) in [5, 5.41) is 0. The Kier molecular flexibility index (Phi) is 9.91. The van der Waals surface area contributed by atoms with Gasteiger partial charge in [0.2, 0.25) is 0 Å². The zero-order valence-corrected chi connectivity index (χ0v) is 19.3. The third-order valence-electron chi connectivity index (χ3n) is 7.93. The van der Waals surface area contributed by atoms with E-state index in [-0.39, 0.29) is 0 Å². The summed E-state index contributed by atoms with van der Waals surface area (Å²) in [6.07, 6.45) is 21.3. The fraction of sp³-hybridized carbons (Fsp3) is 0.786. The summed E-state index contributed by atoms with van der Waals surface area (Å²) < 4.78 is 5.85. The Morgan fingerprint density at radius 1 is 0.690 bits per heavy atom. The van der Waals surface area contributed by atoms with Crippen molar-refractivity contribution in [1.82, 2.24) is 0 Å². The third-order valence-corrected chi connectivity index (χ3v) is 7.93. The van der Waals surface area contributed by atoms with Crippen molar-refractivity contribution in [3.63, 3.8) is 0 Å². The van der Waals surface area contributed by atoms with Crippen LogP contribution >= 0.6 is 0 Å². The molecule has 3 rings (SSSR count). The molecule has 0 aromatic heterocycles. The molecule has 0 heterocycles. The fourth-order valence-electron chi connectivity index (χ4n) is 5.97. The first-order chi connectivity index (χ1) is 14.3. The summed E-state index contributed by atoms with van der Waals surface area (Å²) >= 11 is 0. The molecule has 0 bridgehead atoms. The van der Waals surface area contributed by atoms with Crippen LogP contribution in [0, 0.1) is 23.7 Å². The summed E-state index contributed by atoms with van der Waals surface area (Å²) in [5.41, 5.74) is 1.49. The molecule has 2 aliphatic carbocycles. The average Bonchev–Trinajstić information content (AvgIpc) is 2.77. The van der Waals surface area contributed by atoms with Gasteiger partial charge in [0.15, 0.2) is 0 Å². The van der Waals surface area contributed by atoms with Crippen LogP contribution in [-0.4, -0.2) is 6.61 Å². The zero-order valence-electron chi connectivity index (χ0n) is 19.3. The molecule has 1 heteroatoms. The molecule has 1 aromatic carbocycles. The van der Waals surface area contributed by atoms with E-state index in [0.717, 1.165) is 36.0 Å². The van der Waals surface area contributed by atoms with Crippen LogP contribution in [0.5, 0.6) is 5.75 Å². The molecule has 2 saturated carbocycles. The Hall–Kier alpha value is -0.980. The fourth-order valence-corrected chi connectivity index (χ4v) is 5.97. The van der Waals surface area contributed by atoms with Gasteiger partial charge in [-0.15, -0.1) is 0 Å². The van der Waals surface area contributed by atoms with Gasteiger partial charge >= 0.3 is 0 Å². The van der Waals surface area contributed by atoms with E-state index in [1.165, 1.54) is 102 Å². The van der Waals surface area contributed by atoms with Crippen LogP contribution in [0.2, 0.25) is 0 Å². The smallest absolute Gasteiger partial charge is 0.119 e. The quantitative estimate of drug-likeness (QED) is 0.339. The van der Waals surface area contributed by atoms with Gasteiger partial charge in [-0.1, -0.05) is 77.3 Å². The molecule has 2 fully saturated rings. The average molecular weight is 399 g/mol. The normalized spacial score (nSPS) is 27.7. The van der Waals surface area contributed by atoms with E-state index < -0.39 is 0 Å². The molecule has 0 N–H and O–H groups in total. The second-order valence-electron chi connectivity index (χ2n) is 10.1. The van der Waals surface area contributed by atoms with Crippen molar-refractivity contribution in [3.8, 4) is 5.75 Å². The summed E-state index contributed by atoms with van der Waals surface area (Å²) in [7, 11) is 0. The highest BCUT2D eigenvalue weighted by molar-refractivity contribution is 5.27. The second-order valence-corrected chi connectivity index (χ2v) is 10.1. The lowest BCUT2D eigenvalue weighted by Gasteiger charge is -2.38. The number of hydrogen-bond donors (Lipinski definition) is 0. The molecule has 29 heavy (non-hydrogen) atoms. The SMILES string of the molecule is CCCCCOc1ccc(CC[C@H]2CC[C@H]([C@H]3CC[C@H](CCC)CC3)CC2)cc1. The highest BCUT2D eigenvalue weighted by Gasteiger charge is 2.30. The Morgan fingerprint density at radius 2 is 1.28 bits per heavy atom. The molecule has 1 aromatic rings. The van der Waals surface area contributed by atoms with Gasteiger partial charge in [-0.3, -0.25) is 0 Å². The van der Waals surface area contributed by atoms with Gasteiger partial charge in [-0.25, -0.2) is 0 Å². The van der Waals surface area contributed by atoms with Crippen molar-refractivity contribution >= 4 is 0 Å². The Labute approximate surface area is 181 Å². The summed E-state index contributed by atoms with van der Waals surface area (Å²) in [5.74, 6) is 5.18. The monoisotopic (exact) mass is 398 g/mol. The van der Waals surface area contributed by atoms with Crippen LogP contribution in [0.1, 0.15) is 109 Å². The molecular formula is C28H46O. The summed E-state index contributed by atoms with van der Waals surface area (Å²) in [4.78, 5) is 0. The van der Waals surface area contributed by atoms with Gasteiger partial charge < -0.3 is 4.74 Å². The predicted octanol–water partition coefficient (Wildman–Crippen LogP) is 8.60. The first kappa shape index (κ1) is 22.7. The van der Waals surface area contributed by atoms with Crippen molar-refractivity contribution in [2.75, 3.05) is 6.61 Å². The highest BCUT2D eigenvalue weighted by atomic mass is 16.5. The van der Waals surface area contributed by atoms with E-state index in [2.05, 4.69) is 38.1 Å². The minimum absolute atomic E-state index is 0.858. The number of benzene rings is 1. The van der Waals surface area contributed by atoms with Crippen molar-refractivity contribution in [1.29, 1.82) is 0 Å². The molecule has 0 saturated heterocycles. The Balaban J connectivity index is 1.31. The van der Waals surface area contributed by atoms with Gasteiger partial charge in [0.1, 0.15) is 5.75 Å². The first-order valence-electron chi connectivity index (χ1n) is 13.0. The lowest BCUT2D eigenvalue weighted by Crippen LogP contribution is -2.26. The maximum atomic E-state index is 5.85. The Morgan fingerprint density at radius 3 is 1.83 bits per heavy atom. The van der Waals surface area contributed by atoms with Crippen LogP contribution in [0.3, 0.4) is 0 Å². The van der Waals surface area contributed by atoms with Gasteiger partial charge in [0.25, 0.3) is 0 Å². The highest BCUT2D eigenvalue weighted by Crippen LogP contribution is 2.42. The zero-order chi connectivity index (χ0) is 20.3. The topological polar surface area (TPSA) is 9.23 Å². The van der Waals surface area contributed by atoms with Crippen LogP contribution in [0.4, 0.5) is 0 Å². The van der Waals surface area contributed by atoms with Crippen molar-refractivity contribution in [3.05, 3.63) is 29.8 Å². The van der Waals surface area contributed by atoms with Crippen LogP contribution < -0.4 is 4.74 Å². The molecule has 164 valence electrons. The molecule has 1 nitrogen and oxygen atoms in total. The first-order valence-corrected chi connectivity index (χ1v) is 13.0. The van der Waals surface area contributed by atoms with E-state index in [1.807, 2.05) is 0 Å².